The van der Waals surface area contributed by atoms with Crippen molar-refractivity contribution in [2.75, 3.05) is 46.3 Å². The van der Waals surface area contributed by atoms with Gasteiger partial charge in [0.1, 0.15) is 0 Å². The van der Waals surface area contributed by atoms with E-state index in [1.165, 1.54) is 16.7 Å². The highest BCUT2D eigenvalue weighted by Crippen LogP contribution is 2.44. The third kappa shape index (κ3) is 5.97. The molecule has 1 spiro atoms. The summed E-state index contributed by atoms with van der Waals surface area (Å²) in [6.45, 7) is 5.49. The van der Waals surface area contributed by atoms with Gasteiger partial charge in [0.05, 0.1) is 24.8 Å². The second kappa shape index (κ2) is 12.0. The number of amides is 1. The molecule has 3 aliphatic heterocycles. The van der Waals surface area contributed by atoms with Gasteiger partial charge in [-0.15, -0.1) is 0 Å². The van der Waals surface area contributed by atoms with Crippen LogP contribution in [0.15, 0.2) is 72.8 Å². The molecule has 0 radical (unpaired) electrons. The number of likely N-dealkylation sites (N-methyl/N-ethyl adjacent to an activating group) is 1. The number of fused-ring (bicyclic) bond motifs is 2. The Hall–Kier alpha value is -2.74. The Kier molecular flexibility index (Phi) is 8.24. The fourth-order valence-corrected chi connectivity index (χ4v) is 6.84. The number of hydrogen-bond donors (Lipinski definition) is 2. The van der Waals surface area contributed by atoms with Crippen LogP contribution in [0.2, 0.25) is 5.02 Å². The first-order chi connectivity index (χ1) is 19.5. The number of carbonyl (C=O) groups excluding carboxylic acids is 1. The number of rotatable bonds is 7. The molecule has 3 heterocycles. The molecule has 2 unspecified atom stereocenters. The van der Waals surface area contributed by atoms with Gasteiger partial charge >= 0.3 is 0 Å². The summed E-state index contributed by atoms with van der Waals surface area (Å²) in [7, 11) is 2.18. The van der Waals surface area contributed by atoms with Crippen molar-refractivity contribution in [3.8, 4) is 0 Å². The van der Waals surface area contributed by atoms with Crippen molar-refractivity contribution < 1.29 is 9.53 Å². The quantitative estimate of drug-likeness (QED) is 0.447. The zero-order valence-corrected chi connectivity index (χ0v) is 24.0. The van der Waals surface area contributed by atoms with Gasteiger partial charge < -0.3 is 19.9 Å². The Balaban J connectivity index is 1.13. The van der Waals surface area contributed by atoms with Gasteiger partial charge in [0.2, 0.25) is 5.91 Å². The molecule has 0 bridgehead atoms. The van der Waals surface area contributed by atoms with Crippen molar-refractivity contribution in [3.05, 3.63) is 106 Å². The standard InChI is InChI=1S/C33H39ClN4O2/c1-37-17-14-35-29(22-37)19-24-6-4-8-25(18-24)32(26-9-5-10-28(34)20-26)36-21-31(39)38-15-12-33(13-16-38)30-11-3-2-7-27(30)23-40-33/h2-11,18,20,29,32,35-36H,12-17,19,21-23H2,1H3. The average Bonchev–Trinajstić information content (AvgIpc) is 3.31. The molecule has 0 aliphatic carbocycles. The normalized spacial score (nSPS) is 21.4. The van der Waals surface area contributed by atoms with Crippen LogP contribution in [0.25, 0.3) is 0 Å². The first-order valence-corrected chi connectivity index (χ1v) is 14.9. The molecule has 3 aromatic rings. The molecule has 40 heavy (non-hydrogen) atoms. The Bertz CT molecular complexity index is 1340. The van der Waals surface area contributed by atoms with E-state index < -0.39 is 0 Å². The number of hydrogen-bond acceptors (Lipinski definition) is 5. The predicted octanol–water partition coefficient (Wildman–Crippen LogP) is 4.51. The highest BCUT2D eigenvalue weighted by Gasteiger charge is 2.43. The lowest BCUT2D eigenvalue weighted by Gasteiger charge is -2.39. The SMILES string of the molecule is CN1CCNC(Cc2cccc(C(NCC(=O)N3CCC4(CC3)OCc3ccccc34)c3cccc(Cl)c3)c2)C1. The molecule has 3 aromatic carbocycles. The summed E-state index contributed by atoms with van der Waals surface area (Å²) >= 11 is 6.40. The monoisotopic (exact) mass is 558 g/mol. The van der Waals surface area contributed by atoms with E-state index in [9.17, 15) is 4.79 Å². The third-order valence-corrected chi connectivity index (χ3v) is 9.04. The molecule has 3 aliphatic rings. The van der Waals surface area contributed by atoms with Crippen LogP contribution in [0.1, 0.15) is 46.7 Å². The van der Waals surface area contributed by atoms with Gasteiger partial charge in [0.25, 0.3) is 0 Å². The van der Waals surface area contributed by atoms with Crippen LogP contribution in [-0.4, -0.2) is 68.1 Å². The number of piperazine rings is 1. The average molecular weight is 559 g/mol. The summed E-state index contributed by atoms with van der Waals surface area (Å²) in [4.78, 5) is 17.8. The van der Waals surface area contributed by atoms with Crippen molar-refractivity contribution in [2.45, 2.75) is 43.6 Å². The Morgan fingerprint density at radius 3 is 2.62 bits per heavy atom. The second-order valence-electron chi connectivity index (χ2n) is 11.6. The predicted molar refractivity (Wildman–Crippen MR) is 159 cm³/mol. The molecule has 210 valence electrons. The summed E-state index contributed by atoms with van der Waals surface area (Å²) in [6, 6.07) is 25.5. The van der Waals surface area contributed by atoms with E-state index in [1.807, 2.05) is 23.1 Å². The third-order valence-electron chi connectivity index (χ3n) is 8.80. The maximum atomic E-state index is 13.4. The van der Waals surface area contributed by atoms with E-state index in [1.54, 1.807) is 0 Å². The first kappa shape index (κ1) is 27.4. The summed E-state index contributed by atoms with van der Waals surface area (Å²) in [6.07, 6.45) is 2.64. The minimum atomic E-state index is -0.243. The van der Waals surface area contributed by atoms with Crippen molar-refractivity contribution >= 4 is 17.5 Å². The second-order valence-corrected chi connectivity index (χ2v) is 12.0. The smallest absolute Gasteiger partial charge is 0.236 e. The minimum absolute atomic E-state index is 0.124. The Labute approximate surface area is 242 Å². The van der Waals surface area contributed by atoms with E-state index in [0.29, 0.717) is 30.8 Å². The zero-order valence-electron chi connectivity index (χ0n) is 23.2. The van der Waals surface area contributed by atoms with Crippen LogP contribution in [0.5, 0.6) is 0 Å². The molecule has 0 aromatic heterocycles. The van der Waals surface area contributed by atoms with Gasteiger partial charge in [0.15, 0.2) is 0 Å². The van der Waals surface area contributed by atoms with Crippen molar-refractivity contribution in [3.63, 3.8) is 0 Å². The lowest BCUT2D eigenvalue weighted by atomic mass is 9.84. The molecule has 2 N–H and O–H groups in total. The van der Waals surface area contributed by atoms with E-state index in [4.69, 9.17) is 16.3 Å². The molecule has 0 saturated carbocycles. The molecular weight excluding hydrogens is 520 g/mol. The number of nitrogens with one attached hydrogen (secondary N) is 2. The molecule has 2 saturated heterocycles. The molecule has 2 fully saturated rings. The van der Waals surface area contributed by atoms with Gasteiger partial charge in [-0.05, 0) is 66.3 Å². The lowest BCUT2D eigenvalue weighted by Crippen LogP contribution is -2.49. The number of benzene rings is 3. The summed E-state index contributed by atoms with van der Waals surface area (Å²) in [5, 5.41) is 7.93. The zero-order chi connectivity index (χ0) is 27.5. The van der Waals surface area contributed by atoms with Crippen LogP contribution in [0, 0.1) is 0 Å². The van der Waals surface area contributed by atoms with E-state index in [0.717, 1.165) is 50.0 Å². The number of carbonyl (C=O) groups is 1. The lowest BCUT2D eigenvalue weighted by molar-refractivity contribution is -0.137. The van der Waals surface area contributed by atoms with Crippen molar-refractivity contribution in [1.29, 1.82) is 0 Å². The van der Waals surface area contributed by atoms with E-state index in [2.05, 4.69) is 77.2 Å². The van der Waals surface area contributed by atoms with Gasteiger partial charge in [-0.25, -0.2) is 0 Å². The fraction of sp³-hybridized carbons (Fsp3) is 0.424. The molecule has 6 nitrogen and oxygen atoms in total. The number of ether oxygens (including phenoxy) is 1. The van der Waals surface area contributed by atoms with Crippen LogP contribution in [-0.2, 0) is 28.2 Å². The maximum Gasteiger partial charge on any atom is 0.236 e. The highest BCUT2D eigenvalue weighted by atomic mass is 35.5. The molecule has 1 amide bonds. The van der Waals surface area contributed by atoms with E-state index in [-0.39, 0.29) is 24.1 Å². The Morgan fingerprint density at radius 2 is 1.82 bits per heavy atom. The van der Waals surface area contributed by atoms with Crippen LogP contribution >= 0.6 is 11.6 Å². The van der Waals surface area contributed by atoms with E-state index >= 15 is 0 Å². The van der Waals surface area contributed by atoms with Gasteiger partial charge in [-0.2, -0.15) is 0 Å². The summed E-state index contributed by atoms with van der Waals surface area (Å²) in [5.41, 5.74) is 5.83. The van der Waals surface area contributed by atoms with Crippen molar-refractivity contribution in [2.24, 2.45) is 0 Å². The fourth-order valence-electron chi connectivity index (χ4n) is 6.64. The summed E-state index contributed by atoms with van der Waals surface area (Å²) < 4.78 is 6.30. The summed E-state index contributed by atoms with van der Waals surface area (Å²) in [5.74, 6) is 0.124. The van der Waals surface area contributed by atoms with Crippen LogP contribution in [0.4, 0.5) is 0 Å². The minimum Gasteiger partial charge on any atom is -0.365 e. The number of likely N-dealkylation sites (tertiary alicyclic amines) is 1. The number of nitrogens with zero attached hydrogens (tertiary/aromatic N) is 2. The Morgan fingerprint density at radius 1 is 1.05 bits per heavy atom. The molecular formula is C33H39ClN4O2. The number of halogens is 1. The van der Waals surface area contributed by atoms with Crippen LogP contribution < -0.4 is 10.6 Å². The highest BCUT2D eigenvalue weighted by molar-refractivity contribution is 6.30. The van der Waals surface area contributed by atoms with Gasteiger partial charge in [-0.3, -0.25) is 10.1 Å². The van der Waals surface area contributed by atoms with Gasteiger partial charge in [0, 0.05) is 43.8 Å². The van der Waals surface area contributed by atoms with Crippen LogP contribution in [0.3, 0.4) is 0 Å². The topological polar surface area (TPSA) is 56.8 Å². The maximum absolute atomic E-state index is 13.4. The molecule has 7 heteroatoms. The first-order valence-electron chi connectivity index (χ1n) is 14.5. The molecule has 6 rings (SSSR count). The molecule has 2 atom stereocenters. The number of piperidine rings is 1. The largest absolute Gasteiger partial charge is 0.365 e. The van der Waals surface area contributed by atoms with Gasteiger partial charge in [-0.1, -0.05) is 72.3 Å². The van der Waals surface area contributed by atoms with Crippen molar-refractivity contribution in [1.82, 2.24) is 20.4 Å².